The van der Waals surface area contributed by atoms with Crippen molar-refractivity contribution < 1.29 is 14.6 Å². The minimum Gasteiger partial charge on any atom is -0.485 e. The number of ketones is 1. The highest BCUT2D eigenvalue weighted by molar-refractivity contribution is 6.31. The Morgan fingerprint density at radius 3 is 2.48 bits per heavy atom. The highest BCUT2D eigenvalue weighted by Crippen LogP contribution is 2.28. The second-order valence-corrected chi connectivity index (χ2v) is 7.07. The van der Waals surface area contributed by atoms with Crippen LogP contribution in [0.4, 0.5) is 0 Å². The van der Waals surface area contributed by atoms with Gasteiger partial charge in [0.05, 0.1) is 5.57 Å². The van der Waals surface area contributed by atoms with Crippen molar-refractivity contribution in [3.8, 4) is 5.75 Å². The number of aliphatic hydroxyl groups excluding tert-OH is 1. The average Bonchev–Trinajstić information content (AvgIpc) is 2.73. The molecule has 0 bridgehead atoms. The van der Waals surface area contributed by atoms with E-state index in [4.69, 9.17) is 33.7 Å². The van der Waals surface area contributed by atoms with E-state index in [9.17, 15) is 9.90 Å². The molecule has 0 saturated heterocycles. The van der Waals surface area contributed by atoms with Gasteiger partial charge in [0.25, 0.3) is 0 Å². The fraction of sp³-hybridized carbons (Fsp3) is 0.0909. The van der Waals surface area contributed by atoms with Crippen LogP contribution >= 0.6 is 23.2 Å². The highest BCUT2D eigenvalue weighted by atomic mass is 35.5. The normalized spacial score (nSPS) is 12.8. The van der Waals surface area contributed by atoms with Crippen molar-refractivity contribution in [1.29, 1.82) is 0 Å². The van der Waals surface area contributed by atoms with Crippen LogP contribution in [-0.4, -0.2) is 22.5 Å². The van der Waals surface area contributed by atoms with Crippen LogP contribution in [0.5, 0.6) is 5.75 Å². The third kappa shape index (κ3) is 5.35. The largest absolute Gasteiger partial charge is 0.485 e. The Kier molecular flexibility index (Phi) is 6.88. The molecule has 0 spiro atoms. The number of benzene rings is 2. The van der Waals surface area contributed by atoms with Crippen LogP contribution in [0.1, 0.15) is 17.2 Å². The summed E-state index contributed by atoms with van der Waals surface area (Å²) in [6, 6.07) is 16.7. The average molecular weight is 429 g/mol. The lowest BCUT2D eigenvalue weighted by molar-refractivity contribution is -0.118. The second-order valence-electron chi connectivity index (χ2n) is 6.19. The zero-order chi connectivity index (χ0) is 20.8. The van der Waals surface area contributed by atoms with Gasteiger partial charge in [-0.3, -0.25) is 9.78 Å². The molecule has 0 aliphatic heterocycles. The SMILES string of the molecule is NC(=C(C(=O)COc1cccc(Cl)c1)C(O)c1cccnc1)c1ccc(Cl)cc1. The van der Waals surface area contributed by atoms with Crippen LogP contribution in [0.15, 0.2) is 78.6 Å². The van der Waals surface area contributed by atoms with Crippen molar-refractivity contribution in [3.05, 3.63) is 99.8 Å². The summed E-state index contributed by atoms with van der Waals surface area (Å²) < 4.78 is 5.55. The molecular formula is C22H18Cl2N2O3. The monoisotopic (exact) mass is 428 g/mol. The van der Waals surface area contributed by atoms with Crippen LogP contribution in [0.2, 0.25) is 10.0 Å². The number of hydrogen-bond acceptors (Lipinski definition) is 5. The Morgan fingerprint density at radius 2 is 1.83 bits per heavy atom. The molecule has 0 saturated carbocycles. The molecule has 0 aliphatic rings. The molecule has 1 unspecified atom stereocenters. The number of rotatable bonds is 7. The third-order valence-corrected chi connectivity index (χ3v) is 4.67. The summed E-state index contributed by atoms with van der Waals surface area (Å²) in [5, 5.41) is 11.9. The number of pyridine rings is 1. The van der Waals surface area contributed by atoms with Gasteiger partial charge in [-0.15, -0.1) is 0 Å². The van der Waals surface area contributed by atoms with Crippen molar-refractivity contribution in [2.24, 2.45) is 5.73 Å². The molecule has 3 N–H and O–H groups in total. The number of carbonyl (C=O) groups is 1. The number of ether oxygens (including phenoxy) is 1. The first kappa shape index (κ1) is 20.9. The number of hydrogen-bond donors (Lipinski definition) is 2. The molecule has 2 aromatic carbocycles. The van der Waals surface area contributed by atoms with Crippen LogP contribution in [-0.2, 0) is 4.79 Å². The van der Waals surface area contributed by atoms with E-state index in [1.54, 1.807) is 66.9 Å². The van der Waals surface area contributed by atoms with Gasteiger partial charge in [0.1, 0.15) is 11.9 Å². The number of aromatic nitrogens is 1. The summed E-state index contributed by atoms with van der Waals surface area (Å²) in [7, 11) is 0. The van der Waals surface area contributed by atoms with Crippen LogP contribution in [0.3, 0.4) is 0 Å². The number of aliphatic hydroxyl groups is 1. The summed E-state index contributed by atoms with van der Waals surface area (Å²) in [5.41, 5.74) is 7.43. The molecule has 7 heteroatoms. The van der Waals surface area contributed by atoms with Gasteiger partial charge in [0, 0.05) is 33.7 Å². The first-order valence-electron chi connectivity index (χ1n) is 8.71. The van der Waals surface area contributed by atoms with E-state index in [0.717, 1.165) is 0 Å². The van der Waals surface area contributed by atoms with Gasteiger partial charge < -0.3 is 15.6 Å². The molecule has 1 heterocycles. The molecule has 29 heavy (non-hydrogen) atoms. The van der Waals surface area contributed by atoms with Gasteiger partial charge in [-0.2, -0.15) is 0 Å². The van der Waals surface area contributed by atoms with Gasteiger partial charge in [-0.05, 0) is 42.0 Å². The summed E-state index contributed by atoms with van der Waals surface area (Å²) in [5.74, 6) is -0.0279. The number of nitrogens with two attached hydrogens (primary N) is 1. The molecular weight excluding hydrogens is 411 g/mol. The summed E-state index contributed by atoms with van der Waals surface area (Å²) in [4.78, 5) is 17.0. The number of carbonyl (C=O) groups excluding carboxylic acids is 1. The molecule has 5 nitrogen and oxygen atoms in total. The van der Waals surface area contributed by atoms with Crippen molar-refractivity contribution in [3.63, 3.8) is 0 Å². The topological polar surface area (TPSA) is 85.4 Å². The highest BCUT2D eigenvalue weighted by Gasteiger charge is 2.25. The fourth-order valence-electron chi connectivity index (χ4n) is 2.72. The molecule has 0 fully saturated rings. The maximum atomic E-state index is 13.0. The van der Waals surface area contributed by atoms with E-state index in [1.165, 1.54) is 6.20 Å². The molecule has 1 aromatic heterocycles. The van der Waals surface area contributed by atoms with E-state index >= 15 is 0 Å². The Hall–Kier alpha value is -2.86. The Bertz CT molecular complexity index is 1020. The molecule has 3 aromatic rings. The van der Waals surface area contributed by atoms with Gasteiger partial charge in [0.2, 0.25) is 5.78 Å². The molecule has 3 rings (SSSR count). The Balaban J connectivity index is 1.94. The zero-order valence-corrected chi connectivity index (χ0v) is 16.8. The van der Waals surface area contributed by atoms with E-state index in [2.05, 4.69) is 4.98 Å². The molecule has 148 valence electrons. The van der Waals surface area contributed by atoms with E-state index in [-0.39, 0.29) is 17.9 Å². The van der Waals surface area contributed by atoms with E-state index in [1.807, 2.05) is 0 Å². The number of Topliss-reactive ketones (excluding diaryl/α,β-unsaturated/α-hetero) is 1. The molecule has 0 radical (unpaired) electrons. The quantitative estimate of drug-likeness (QED) is 0.543. The predicted octanol–water partition coefficient (Wildman–Crippen LogP) is 4.44. The van der Waals surface area contributed by atoms with Gasteiger partial charge in [-0.25, -0.2) is 0 Å². The Labute approximate surface area is 178 Å². The standard InChI is InChI=1S/C22H18Cl2N2O3/c23-16-8-6-14(7-9-16)21(25)20(22(28)15-3-2-10-26-12-15)19(27)13-29-18-5-1-4-17(24)11-18/h1-12,22,28H,13,25H2. The lowest BCUT2D eigenvalue weighted by Gasteiger charge is -2.18. The van der Waals surface area contributed by atoms with Gasteiger partial charge in [-0.1, -0.05) is 47.5 Å². The predicted molar refractivity (Wildman–Crippen MR) is 114 cm³/mol. The van der Waals surface area contributed by atoms with E-state index < -0.39 is 11.9 Å². The lowest BCUT2D eigenvalue weighted by atomic mass is 9.95. The van der Waals surface area contributed by atoms with E-state index in [0.29, 0.717) is 26.9 Å². The van der Waals surface area contributed by atoms with Crippen molar-refractivity contribution in [2.75, 3.05) is 6.61 Å². The van der Waals surface area contributed by atoms with Crippen molar-refractivity contribution in [1.82, 2.24) is 4.98 Å². The van der Waals surface area contributed by atoms with Crippen molar-refractivity contribution >= 4 is 34.7 Å². The first-order chi connectivity index (χ1) is 14.0. The zero-order valence-electron chi connectivity index (χ0n) is 15.3. The summed E-state index contributed by atoms with van der Waals surface area (Å²) >= 11 is 11.9. The minimum atomic E-state index is -1.27. The number of halogens is 2. The summed E-state index contributed by atoms with van der Waals surface area (Å²) in [6.45, 7) is -0.318. The van der Waals surface area contributed by atoms with Crippen LogP contribution < -0.4 is 10.5 Å². The van der Waals surface area contributed by atoms with Crippen LogP contribution in [0, 0.1) is 0 Å². The fourth-order valence-corrected chi connectivity index (χ4v) is 3.03. The summed E-state index contributed by atoms with van der Waals surface area (Å²) in [6.07, 6.45) is 1.78. The third-order valence-electron chi connectivity index (χ3n) is 4.19. The molecule has 0 aliphatic carbocycles. The van der Waals surface area contributed by atoms with Gasteiger partial charge >= 0.3 is 0 Å². The number of nitrogens with zero attached hydrogens (tertiary/aromatic N) is 1. The second kappa shape index (κ2) is 9.56. The first-order valence-corrected chi connectivity index (χ1v) is 9.46. The van der Waals surface area contributed by atoms with Crippen molar-refractivity contribution in [2.45, 2.75) is 6.10 Å². The molecule has 1 atom stereocenters. The van der Waals surface area contributed by atoms with Crippen LogP contribution in [0.25, 0.3) is 5.70 Å². The maximum Gasteiger partial charge on any atom is 0.201 e. The maximum absolute atomic E-state index is 13.0. The Morgan fingerprint density at radius 1 is 1.07 bits per heavy atom. The molecule has 0 amide bonds. The smallest absolute Gasteiger partial charge is 0.201 e. The lowest BCUT2D eigenvalue weighted by Crippen LogP contribution is -2.22. The minimum absolute atomic E-state index is 0.0161. The van der Waals surface area contributed by atoms with Gasteiger partial charge in [0.15, 0.2) is 6.61 Å².